The third kappa shape index (κ3) is 3.33. The zero-order valence-electron chi connectivity index (χ0n) is 11.8. The van der Waals surface area contributed by atoms with Gasteiger partial charge in [0.1, 0.15) is 11.6 Å². The Morgan fingerprint density at radius 1 is 1.40 bits per heavy atom. The zero-order chi connectivity index (χ0) is 14.6. The largest absolute Gasteiger partial charge is 0.370 e. The Kier molecular flexibility index (Phi) is 4.69. The minimum Gasteiger partial charge on any atom is -0.370 e. The zero-order valence-corrected chi connectivity index (χ0v) is 12.6. The number of nitrogens with zero attached hydrogens (tertiary/aromatic N) is 2. The molecule has 1 aliphatic rings. The minimum atomic E-state index is -0.388. The summed E-state index contributed by atoms with van der Waals surface area (Å²) in [6.07, 6.45) is 5.76. The predicted octanol–water partition coefficient (Wildman–Crippen LogP) is 3.12. The topological polar surface area (TPSA) is 80.1 Å². The minimum absolute atomic E-state index is 0.0604. The molecular weight excluding hydrogens is 276 g/mol. The Bertz CT molecular complexity index is 486. The number of anilines is 2. The van der Waals surface area contributed by atoms with Crippen LogP contribution >= 0.6 is 11.8 Å². The summed E-state index contributed by atoms with van der Waals surface area (Å²) < 4.78 is 0.269. The highest BCUT2D eigenvalue weighted by atomic mass is 32.2. The van der Waals surface area contributed by atoms with Crippen LogP contribution in [0.4, 0.5) is 17.3 Å². The molecule has 2 N–H and O–H groups in total. The Morgan fingerprint density at radius 2 is 2.05 bits per heavy atom. The fourth-order valence-corrected chi connectivity index (χ4v) is 3.17. The number of rotatable bonds is 7. The summed E-state index contributed by atoms with van der Waals surface area (Å²) in [5, 5.41) is 17.2. The first-order chi connectivity index (χ1) is 9.58. The molecule has 0 amide bonds. The summed E-state index contributed by atoms with van der Waals surface area (Å²) in [5.74, 6) is 1.10. The van der Waals surface area contributed by atoms with Crippen LogP contribution in [0.25, 0.3) is 0 Å². The molecule has 1 fully saturated rings. The molecule has 1 aromatic rings. The second kappa shape index (κ2) is 6.30. The third-order valence-corrected chi connectivity index (χ3v) is 5.09. The van der Waals surface area contributed by atoms with Gasteiger partial charge in [-0.25, -0.2) is 4.98 Å². The van der Waals surface area contributed by atoms with E-state index >= 15 is 0 Å². The fraction of sp³-hybridized carbons (Fsp3) is 0.615. The quantitative estimate of drug-likeness (QED) is 0.594. The van der Waals surface area contributed by atoms with E-state index in [4.69, 9.17) is 0 Å². The summed E-state index contributed by atoms with van der Waals surface area (Å²) in [6.45, 7) is 3.42. The van der Waals surface area contributed by atoms with E-state index in [0.717, 1.165) is 6.54 Å². The molecule has 0 unspecified atom stereocenters. The van der Waals surface area contributed by atoms with Crippen molar-refractivity contribution in [1.82, 2.24) is 4.98 Å². The van der Waals surface area contributed by atoms with Crippen molar-refractivity contribution in [2.75, 3.05) is 30.0 Å². The lowest BCUT2D eigenvalue weighted by atomic mass is 9.84. The summed E-state index contributed by atoms with van der Waals surface area (Å²) in [4.78, 5) is 14.9. The maximum atomic E-state index is 11.0. The molecule has 6 nitrogen and oxygen atoms in total. The van der Waals surface area contributed by atoms with Gasteiger partial charge in [0.25, 0.3) is 5.69 Å². The van der Waals surface area contributed by atoms with Crippen LogP contribution in [0.2, 0.25) is 0 Å². The van der Waals surface area contributed by atoms with Crippen molar-refractivity contribution in [2.24, 2.45) is 0 Å². The van der Waals surface area contributed by atoms with Gasteiger partial charge < -0.3 is 10.6 Å². The van der Waals surface area contributed by atoms with Crippen LogP contribution in [-0.4, -0.2) is 34.0 Å². The molecule has 7 heteroatoms. The average molecular weight is 296 g/mol. The molecule has 0 aromatic carbocycles. The molecule has 1 aromatic heterocycles. The Hall–Kier alpha value is -1.50. The molecule has 1 heterocycles. The molecule has 20 heavy (non-hydrogen) atoms. The third-order valence-electron chi connectivity index (χ3n) is 3.67. The molecule has 1 aliphatic carbocycles. The molecule has 0 radical (unpaired) electrons. The standard InChI is InChI=1S/C13H20N4O2S/c1-3-14-11-7-10(17(18)19)8-12(16-11)15-9-13(20-2)5-4-6-13/h7-8H,3-6,9H2,1-2H3,(H2,14,15,16). The lowest BCUT2D eigenvalue weighted by molar-refractivity contribution is -0.384. The lowest BCUT2D eigenvalue weighted by Gasteiger charge is -2.40. The Balaban J connectivity index is 2.11. The molecule has 110 valence electrons. The highest BCUT2D eigenvalue weighted by Gasteiger charge is 2.35. The molecule has 2 rings (SSSR count). The van der Waals surface area contributed by atoms with E-state index in [1.54, 1.807) is 0 Å². The lowest BCUT2D eigenvalue weighted by Crippen LogP contribution is -2.40. The SMILES string of the molecule is CCNc1cc([N+](=O)[O-])cc(NCC2(SC)CCC2)n1. The monoisotopic (exact) mass is 296 g/mol. The van der Waals surface area contributed by atoms with Gasteiger partial charge in [-0.3, -0.25) is 10.1 Å². The van der Waals surface area contributed by atoms with Crippen LogP contribution in [0.1, 0.15) is 26.2 Å². The molecule has 0 aliphatic heterocycles. The average Bonchev–Trinajstić information content (AvgIpc) is 2.38. The van der Waals surface area contributed by atoms with E-state index in [2.05, 4.69) is 21.9 Å². The van der Waals surface area contributed by atoms with Gasteiger partial charge >= 0.3 is 0 Å². The van der Waals surface area contributed by atoms with E-state index in [0.29, 0.717) is 18.2 Å². The van der Waals surface area contributed by atoms with Crippen molar-refractivity contribution in [3.05, 3.63) is 22.2 Å². The van der Waals surface area contributed by atoms with E-state index in [1.165, 1.54) is 31.4 Å². The van der Waals surface area contributed by atoms with Crippen molar-refractivity contribution < 1.29 is 4.92 Å². The summed E-state index contributed by atoms with van der Waals surface area (Å²) >= 11 is 1.86. The first kappa shape index (κ1) is 14.9. The Morgan fingerprint density at radius 3 is 2.50 bits per heavy atom. The van der Waals surface area contributed by atoms with Gasteiger partial charge in [-0.05, 0) is 26.0 Å². The summed E-state index contributed by atoms with van der Waals surface area (Å²) in [7, 11) is 0. The second-order valence-electron chi connectivity index (χ2n) is 4.98. The molecule has 0 bridgehead atoms. The van der Waals surface area contributed by atoms with Crippen molar-refractivity contribution in [3.8, 4) is 0 Å². The molecular formula is C13H20N4O2S. The highest BCUT2D eigenvalue weighted by Crippen LogP contribution is 2.42. The molecule has 0 spiro atoms. The van der Waals surface area contributed by atoms with Gasteiger partial charge in [0.2, 0.25) is 0 Å². The van der Waals surface area contributed by atoms with Gasteiger partial charge in [0, 0.05) is 17.8 Å². The summed E-state index contributed by atoms with van der Waals surface area (Å²) in [5.41, 5.74) is 0.0604. The van der Waals surface area contributed by atoms with Crippen LogP contribution < -0.4 is 10.6 Å². The van der Waals surface area contributed by atoms with Crippen LogP contribution in [0, 0.1) is 10.1 Å². The van der Waals surface area contributed by atoms with Gasteiger partial charge in [-0.15, -0.1) is 0 Å². The number of aromatic nitrogens is 1. The smallest absolute Gasteiger partial charge is 0.276 e. The van der Waals surface area contributed by atoms with Gasteiger partial charge in [-0.2, -0.15) is 11.8 Å². The number of hydrogen-bond donors (Lipinski definition) is 2. The number of hydrogen-bond acceptors (Lipinski definition) is 6. The predicted molar refractivity (Wildman–Crippen MR) is 83.6 cm³/mol. The van der Waals surface area contributed by atoms with E-state index in [9.17, 15) is 10.1 Å². The maximum absolute atomic E-state index is 11.0. The van der Waals surface area contributed by atoms with E-state index in [1.807, 2.05) is 18.7 Å². The number of thioether (sulfide) groups is 1. The fourth-order valence-electron chi connectivity index (χ4n) is 2.26. The van der Waals surface area contributed by atoms with Crippen LogP contribution in [0.5, 0.6) is 0 Å². The highest BCUT2D eigenvalue weighted by molar-refractivity contribution is 8.00. The second-order valence-corrected chi connectivity index (χ2v) is 6.25. The number of pyridine rings is 1. The van der Waals surface area contributed by atoms with Crippen LogP contribution in [0.3, 0.4) is 0 Å². The molecule has 0 atom stereocenters. The van der Waals surface area contributed by atoms with Crippen LogP contribution in [-0.2, 0) is 0 Å². The van der Waals surface area contributed by atoms with Gasteiger partial charge in [0.05, 0.1) is 17.1 Å². The number of nitrogens with one attached hydrogen (secondary N) is 2. The van der Waals surface area contributed by atoms with Crippen LogP contribution in [0.15, 0.2) is 12.1 Å². The Labute approximate surface area is 122 Å². The van der Waals surface area contributed by atoms with Crippen molar-refractivity contribution in [2.45, 2.75) is 30.9 Å². The first-order valence-electron chi connectivity index (χ1n) is 6.78. The first-order valence-corrected chi connectivity index (χ1v) is 8.00. The van der Waals surface area contributed by atoms with Crippen molar-refractivity contribution in [1.29, 1.82) is 0 Å². The molecule has 0 saturated heterocycles. The summed E-state index contributed by atoms with van der Waals surface area (Å²) in [6, 6.07) is 2.95. The van der Waals surface area contributed by atoms with E-state index < -0.39 is 0 Å². The molecule has 1 saturated carbocycles. The number of nitro groups is 1. The van der Waals surface area contributed by atoms with Gasteiger partial charge in [0.15, 0.2) is 0 Å². The normalized spacial score (nSPS) is 16.3. The van der Waals surface area contributed by atoms with Crippen molar-refractivity contribution >= 4 is 29.1 Å². The van der Waals surface area contributed by atoms with Crippen molar-refractivity contribution in [3.63, 3.8) is 0 Å². The maximum Gasteiger partial charge on any atom is 0.276 e. The van der Waals surface area contributed by atoms with E-state index in [-0.39, 0.29) is 15.4 Å². The van der Waals surface area contributed by atoms with Gasteiger partial charge in [-0.1, -0.05) is 6.42 Å².